The molecule has 4 unspecified atom stereocenters. The Bertz CT molecular complexity index is 468. The van der Waals surface area contributed by atoms with Crippen molar-refractivity contribution in [1.82, 2.24) is 0 Å². The number of unbranched alkanes of at least 4 members (excludes halogenated alkanes) is 2. The molecule has 0 aromatic rings. The highest BCUT2D eigenvalue weighted by Crippen LogP contribution is 2.19. The van der Waals surface area contributed by atoms with Crippen LogP contribution in [0.4, 0.5) is 0 Å². The maximum absolute atomic E-state index is 6.39. The van der Waals surface area contributed by atoms with Crippen LogP contribution < -0.4 is 0 Å². The van der Waals surface area contributed by atoms with Crippen molar-refractivity contribution in [3.63, 3.8) is 0 Å². The van der Waals surface area contributed by atoms with Gasteiger partial charge in [0.15, 0.2) is 0 Å². The fraction of sp³-hybridized carbons (Fsp3) is 0.875. The summed E-state index contributed by atoms with van der Waals surface area (Å²) in [7, 11) is 0. The molecule has 0 saturated heterocycles. The van der Waals surface area contributed by atoms with Crippen LogP contribution in [0.3, 0.4) is 0 Å². The second-order valence-corrected chi connectivity index (χ2v) is 11.5. The van der Waals surface area contributed by atoms with E-state index in [2.05, 4.69) is 52.0 Å². The van der Waals surface area contributed by atoms with E-state index in [0.717, 1.165) is 103 Å². The van der Waals surface area contributed by atoms with Gasteiger partial charge in [0.05, 0.1) is 12.2 Å². The Hall–Kier alpha value is -0.0600. The van der Waals surface area contributed by atoms with E-state index in [4.69, 9.17) is 37.4 Å². The Kier molecular flexibility index (Phi) is 28.9. The van der Waals surface area contributed by atoms with Gasteiger partial charge in [-0.25, -0.2) is 0 Å². The van der Waals surface area contributed by atoms with Gasteiger partial charge in [0.2, 0.25) is 0 Å². The van der Waals surface area contributed by atoms with Crippen LogP contribution in [0.2, 0.25) is 0 Å². The molecule has 0 N–H and O–H groups in total. The predicted molar refractivity (Wildman–Crippen MR) is 164 cm³/mol. The van der Waals surface area contributed by atoms with Gasteiger partial charge in [-0.3, -0.25) is 0 Å². The Morgan fingerprint density at radius 3 is 1.30 bits per heavy atom. The van der Waals surface area contributed by atoms with Gasteiger partial charge in [-0.2, -0.15) is 0 Å². The molecular weight excluding hydrogens is 503 g/mol. The van der Waals surface area contributed by atoms with Crippen molar-refractivity contribution >= 4 is 23.2 Å². The Morgan fingerprint density at radius 2 is 0.919 bits per heavy atom. The Balaban J connectivity index is 4.38. The molecule has 0 aromatic heterocycles. The average molecular weight is 564 g/mol. The molecule has 0 amide bonds. The Morgan fingerprint density at radius 1 is 0.514 bits per heavy atom. The molecular formula is C32H60Cl2O3. The lowest BCUT2D eigenvalue weighted by atomic mass is 10.0. The molecule has 0 heterocycles. The maximum Gasteiger partial charge on any atom is 0.149 e. The minimum Gasteiger partial charge on any atom is -0.352 e. The maximum atomic E-state index is 6.39. The van der Waals surface area contributed by atoms with Crippen molar-refractivity contribution in [3.05, 3.63) is 24.3 Å². The largest absolute Gasteiger partial charge is 0.352 e. The lowest BCUT2D eigenvalue weighted by Gasteiger charge is -2.20. The number of alkyl halides is 2. The van der Waals surface area contributed by atoms with E-state index >= 15 is 0 Å². The monoisotopic (exact) mass is 562 g/mol. The molecule has 0 rings (SSSR count). The van der Waals surface area contributed by atoms with Crippen LogP contribution in [0.1, 0.15) is 143 Å². The molecule has 4 atom stereocenters. The second kappa shape index (κ2) is 28.9. The second-order valence-electron chi connectivity index (χ2n) is 10.3. The summed E-state index contributed by atoms with van der Waals surface area (Å²) in [5.74, 6) is 0. The average Bonchev–Trinajstić information content (AvgIpc) is 2.88. The van der Waals surface area contributed by atoms with Crippen molar-refractivity contribution in [3.8, 4) is 0 Å². The van der Waals surface area contributed by atoms with Crippen LogP contribution in [-0.4, -0.2) is 36.5 Å². The normalized spacial score (nSPS) is 15.5. The van der Waals surface area contributed by atoms with Crippen molar-refractivity contribution < 1.29 is 14.2 Å². The van der Waals surface area contributed by atoms with Gasteiger partial charge < -0.3 is 14.2 Å². The highest BCUT2D eigenvalue weighted by Gasteiger charge is 2.12. The summed E-state index contributed by atoms with van der Waals surface area (Å²) in [5.41, 5.74) is 0. The van der Waals surface area contributed by atoms with E-state index in [1.807, 2.05) is 0 Å². The van der Waals surface area contributed by atoms with Crippen molar-refractivity contribution in [2.75, 3.05) is 13.6 Å². The number of rotatable bonds is 28. The molecule has 0 aliphatic rings. The lowest BCUT2D eigenvalue weighted by molar-refractivity contribution is -0.167. The number of halogens is 2. The molecule has 0 aromatic carbocycles. The summed E-state index contributed by atoms with van der Waals surface area (Å²) in [6.45, 7) is 9.33. The highest BCUT2D eigenvalue weighted by molar-refractivity contribution is 6.20. The van der Waals surface area contributed by atoms with E-state index < -0.39 is 0 Å². The van der Waals surface area contributed by atoms with Crippen LogP contribution in [0.15, 0.2) is 24.3 Å². The SMILES string of the molecule is CCC=CCCC(CCCCC(Cl)CCC)OCOCOC(CCC=CCC)CCCCC(Cl)CCC. The number of hydrogen-bond donors (Lipinski definition) is 0. The van der Waals surface area contributed by atoms with Gasteiger partial charge >= 0.3 is 0 Å². The summed E-state index contributed by atoms with van der Waals surface area (Å²) in [4.78, 5) is 0. The van der Waals surface area contributed by atoms with Crippen molar-refractivity contribution in [2.45, 2.75) is 166 Å². The topological polar surface area (TPSA) is 27.7 Å². The summed E-state index contributed by atoms with van der Waals surface area (Å²) in [6.07, 6.45) is 29.3. The summed E-state index contributed by atoms with van der Waals surface area (Å²) < 4.78 is 18.0. The first kappa shape index (κ1) is 36.9. The summed E-state index contributed by atoms with van der Waals surface area (Å²) in [6, 6.07) is 0. The molecule has 5 heteroatoms. The fourth-order valence-corrected chi connectivity index (χ4v) is 5.21. The highest BCUT2D eigenvalue weighted by atomic mass is 35.5. The molecule has 37 heavy (non-hydrogen) atoms. The van der Waals surface area contributed by atoms with Gasteiger partial charge in [-0.1, -0.05) is 90.5 Å². The number of ether oxygens (including phenoxy) is 3. The van der Waals surface area contributed by atoms with Crippen molar-refractivity contribution in [2.24, 2.45) is 0 Å². The molecule has 0 radical (unpaired) electrons. The minimum absolute atomic E-state index is 0.225. The zero-order valence-electron chi connectivity index (χ0n) is 24.7. The van der Waals surface area contributed by atoms with E-state index in [1.165, 1.54) is 12.8 Å². The predicted octanol–water partition coefficient (Wildman–Crippen LogP) is 11.1. The lowest BCUT2D eigenvalue weighted by Crippen LogP contribution is -2.19. The third-order valence-electron chi connectivity index (χ3n) is 6.68. The zero-order chi connectivity index (χ0) is 27.4. The number of allylic oxidation sites excluding steroid dienone is 4. The summed E-state index contributed by atoms with van der Waals surface area (Å²) in [5, 5.41) is 0.630. The van der Waals surface area contributed by atoms with Crippen LogP contribution in [-0.2, 0) is 14.2 Å². The third-order valence-corrected chi connectivity index (χ3v) is 7.55. The molecule has 0 aliphatic heterocycles. The van der Waals surface area contributed by atoms with E-state index in [9.17, 15) is 0 Å². The fourth-order valence-electron chi connectivity index (χ4n) is 4.47. The Labute approximate surface area is 241 Å². The molecule has 0 bridgehead atoms. The molecule has 220 valence electrons. The van der Waals surface area contributed by atoms with E-state index in [0.29, 0.717) is 24.3 Å². The molecule has 0 spiro atoms. The standard InChI is InChI=1S/C32H60Cl2O3/c1-5-9-11-13-23-31(25-17-15-21-29(33)19-7-3)36-27-35-28-37-32(24-14-12-10-6-2)26-18-16-22-30(34)20-8-4/h9-12,29-32H,5-8,13-28H2,1-4H3. The first-order chi connectivity index (χ1) is 18.1. The first-order valence-corrected chi connectivity index (χ1v) is 16.3. The molecule has 3 nitrogen and oxygen atoms in total. The van der Waals surface area contributed by atoms with Crippen molar-refractivity contribution in [1.29, 1.82) is 0 Å². The first-order valence-electron chi connectivity index (χ1n) is 15.5. The van der Waals surface area contributed by atoms with E-state index in [1.54, 1.807) is 0 Å². The van der Waals surface area contributed by atoms with Gasteiger partial charge in [-0.15, -0.1) is 23.2 Å². The van der Waals surface area contributed by atoms with Crippen LogP contribution in [0.25, 0.3) is 0 Å². The van der Waals surface area contributed by atoms with Gasteiger partial charge in [0, 0.05) is 10.8 Å². The molecule has 0 aliphatic carbocycles. The van der Waals surface area contributed by atoms with Crippen LogP contribution in [0, 0.1) is 0 Å². The van der Waals surface area contributed by atoms with Gasteiger partial charge in [0.25, 0.3) is 0 Å². The minimum atomic E-state index is 0.225. The van der Waals surface area contributed by atoms with E-state index in [-0.39, 0.29) is 12.2 Å². The van der Waals surface area contributed by atoms with Crippen LogP contribution >= 0.6 is 23.2 Å². The molecule has 0 fully saturated rings. The quantitative estimate of drug-likeness (QED) is 0.0410. The molecule has 0 saturated carbocycles. The number of hydrogen-bond acceptors (Lipinski definition) is 3. The van der Waals surface area contributed by atoms with Gasteiger partial charge in [-0.05, 0) is 77.0 Å². The third kappa shape index (κ3) is 26.0. The summed E-state index contributed by atoms with van der Waals surface area (Å²) >= 11 is 12.8. The van der Waals surface area contributed by atoms with Crippen LogP contribution in [0.5, 0.6) is 0 Å². The van der Waals surface area contributed by atoms with Gasteiger partial charge in [0.1, 0.15) is 13.6 Å². The zero-order valence-corrected chi connectivity index (χ0v) is 26.3. The smallest absolute Gasteiger partial charge is 0.149 e.